The predicted octanol–water partition coefficient (Wildman–Crippen LogP) is 6.33. The van der Waals surface area contributed by atoms with Crippen LogP contribution in [-0.2, 0) is 38.0 Å². The second kappa shape index (κ2) is 10.7. The topological polar surface area (TPSA) is 103 Å². The van der Waals surface area contributed by atoms with Crippen molar-refractivity contribution in [1.29, 1.82) is 10.5 Å². The predicted molar refractivity (Wildman–Crippen MR) is 104 cm³/mol. The van der Waals surface area contributed by atoms with Crippen molar-refractivity contribution >= 4 is 5.78 Å². The zero-order valence-electron chi connectivity index (χ0n) is 19.5. The number of hydrogen-bond donors (Lipinski definition) is 1. The Kier molecular flexibility index (Phi) is 8.64. The maximum atomic E-state index is 14.8. The number of ketones is 1. The van der Waals surface area contributed by atoms with E-state index >= 15 is 0 Å². The van der Waals surface area contributed by atoms with Crippen molar-refractivity contribution in [2.45, 2.75) is 25.5 Å². The van der Waals surface area contributed by atoms with E-state index < -0.39 is 103 Å². The summed E-state index contributed by atoms with van der Waals surface area (Å²) in [7, 11) is 0. The van der Waals surface area contributed by atoms with Crippen LogP contribution < -0.4 is 0 Å². The van der Waals surface area contributed by atoms with Crippen LogP contribution in [0.25, 0.3) is 5.69 Å². The molecule has 0 amide bonds. The molecule has 0 aliphatic heterocycles. The van der Waals surface area contributed by atoms with Gasteiger partial charge in [-0.2, -0.15) is 59.8 Å². The van der Waals surface area contributed by atoms with E-state index in [1.54, 1.807) is 0 Å². The number of carbonyl (C=O) groups is 1. The van der Waals surface area contributed by atoms with Gasteiger partial charge in [0.25, 0.3) is 0 Å². The van der Waals surface area contributed by atoms with Crippen molar-refractivity contribution in [3.8, 4) is 23.7 Å². The molecule has 1 N–H and O–H groups in total. The molecule has 0 aliphatic carbocycles. The number of halogens is 12. The molecule has 0 radical (unpaired) electrons. The Hall–Kier alpha value is -4.12. The van der Waals surface area contributed by atoms with E-state index in [0.717, 1.165) is 6.07 Å². The van der Waals surface area contributed by atoms with Crippen molar-refractivity contribution in [3.05, 3.63) is 74.2 Å². The van der Waals surface area contributed by atoms with E-state index in [1.165, 1.54) is 0 Å². The quantitative estimate of drug-likeness (QED) is 0.154. The molecule has 0 saturated heterocycles. The largest absolute Gasteiger partial charge is 0.493 e. The minimum absolute atomic E-state index is 0. The molecule has 0 bridgehead atoms. The Morgan fingerprint density at radius 2 is 1.29 bits per heavy atom. The monoisotopic (exact) mass is 650 g/mol. The fourth-order valence-corrected chi connectivity index (χ4v) is 3.63. The van der Waals surface area contributed by atoms with Crippen molar-refractivity contribution in [2.24, 2.45) is 0 Å². The Labute approximate surface area is 231 Å². The van der Waals surface area contributed by atoms with Gasteiger partial charge < -0.3 is 5.11 Å². The van der Waals surface area contributed by atoms with Crippen molar-refractivity contribution in [2.75, 3.05) is 0 Å². The Morgan fingerprint density at radius 3 is 1.68 bits per heavy atom. The summed E-state index contributed by atoms with van der Waals surface area (Å²) in [5, 5.41) is 31.2. The fraction of sp³-hybridized carbons (Fsp3) is 0.182. The molecule has 0 fully saturated rings. The molecule has 0 unspecified atom stereocenters. The third-order valence-corrected chi connectivity index (χ3v) is 5.29. The first-order valence-corrected chi connectivity index (χ1v) is 9.92. The van der Waals surface area contributed by atoms with Gasteiger partial charge in [-0.05, 0) is 19.1 Å². The molecule has 2 aromatic carbocycles. The van der Waals surface area contributed by atoms with Crippen molar-refractivity contribution < 1.29 is 82.1 Å². The minimum atomic E-state index is -5.82. The zero-order valence-corrected chi connectivity index (χ0v) is 22.5. The number of carbonyl (C=O) groups excluding carboxylic acids is 1. The molecule has 1 heterocycles. The molecule has 0 aliphatic rings. The summed E-state index contributed by atoms with van der Waals surface area (Å²) in [5.74, 6) is -11.5. The first-order valence-electron chi connectivity index (χ1n) is 9.92. The maximum Gasteiger partial charge on any atom is 0.420 e. The van der Waals surface area contributed by atoms with Gasteiger partial charge in [0, 0.05) is 25.0 Å². The summed E-state index contributed by atoms with van der Waals surface area (Å²) in [6, 6.07) is 0.948. The molecule has 0 spiro atoms. The van der Waals surface area contributed by atoms with Gasteiger partial charge in [0.1, 0.15) is 34.5 Å². The maximum absolute atomic E-state index is 14.8. The number of nitrogens with zero attached hydrogens (tertiary/aromatic N) is 4. The van der Waals surface area contributed by atoms with Crippen LogP contribution in [0, 0.1) is 47.0 Å². The molecule has 3 aromatic rings. The summed E-state index contributed by atoms with van der Waals surface area (Å²) in [6.45, 7) is 0.711. The molecule has 0 atom stereocenters. The number of hydrogen-bond acceptors (Lipinski definition) is 5. The van der Waals surface area contributed by atoms with Gasteiger partial charge in [-0.15, -0.1) is 0 Å². The van der Waals surface area contributed by atoms with E-state index in [4.69, 9.17) is 10.5 Å². The molecular formula is C22H6F12N4O2Zn. The fourth-order valence-electron chi connectivity index (χ4n) is 3.63. The second-order valence-corrected chi connectivity index (χ2v) is 7.73. The number of alkyl halides is 9. The van der Waals surface area contributed by atoms with Crippen LogP contribution in [0.15, 0.2) is 12.1 Å². The molecule has 1 aromatic heterocycles. The molecule has 0 saturated carbocycles. The number of rotatable bonds is 3. The van der Waals surface area contributed by atoms with Gasteiger partial charge >= 0.3 is 18.5 Å². The van der Waals surface area contributed by atoms with E-state index in [0.29, 0.717) is 13.0 Å². The average Bonchev–Trinajstić information content (AvgIpc) is 3.11. The third kappa shape index (κ3) is 5.59. The Bertz CT molecular complexity index is 1620. The summed E-state index contributed by atoms with van der Waals surface area (Å²) in [6.07, 6.45) is -17.1. The van der Waals surface area contributed by atoms with Gasteiger partial charge in [0.15, 0.2) is 23.2 Å². The number of aryl methyl sites for hydroxylation is 1. The summed E-state index contributed by atoms with van der Waals surface area (Å²) < 4.78 is 164. The van der Waals surface area contributed by atoms with Crippen LogP contribution in [-0.4, -0.2) is 20.7 Å². The van der Waals surface area contributed by atoms with Gasteiger partial charge in [0.05, 0.1) is 22.4 Å². The first kappa shape index (κ1) is 33.1. The normalized spacial score (nSPS) is 12.0. The Morgan fingerprint density at radius 1 is 0.829 bits per heavy atom. The minimum Gasteiger partial charge on any atom is -0.493 e. The molecule has 41 heavy (non-hydrogen) atoms. The third-order valence-electron chi connectivity index (χ3n) is 5.29. The van der Waals surface area contributed by atoms with Gasteiger partial charge in [-0.25, -0.2) is 13.2 Å². The Balaban J connectivity index is 0.00000588. The zero-order chi connectivity index (χ0) is 30.7. The molecular weight excluding hydrogens is 646 g/mol. The molecule has 6 nitrogen and oxygen atoms in total. The van der Waals surface area contributed by atoms with Crippen LogP contribution in [0.3, 0.4) is 0 Å². The molecule has 3 rings (SSSR count). The molecule has 212 valence electrons. The molecule has 19 heteroatoms. The van der Waals surface area contributed by atoms with Gasteiger partial charge in [0.2, 0.25) is 5.88 Å². The number of aromatic nitrogens is 2. The van der Waals surface area contributed by atoms with E-state index in [2.05, 4.69) is 5.10 Å². The second-order valence-electron chi connectivity index (χ2n) is 7.73. The van der Waals surface area contributed by atoms with E-state index in [9.17, 15) is 62.6 Å². The number of nitriles is 2. The van der Waals surface area contributed by atoms with Crippen LogP contribution in [0.5, 0.6) is 5.88 Å². The van der Waals surface area contributed by atoms with Gasteiger partial charge in [-0.3, -0.25) is 4.79 Å². The standard InChI is InChI=1S/C22H6F12N4O2.Zn/c1-6-12(18(39)7-2-10(20(26,27)28)8(4-35)11(3-7)21(29,30)31)19(40)38(37-6)17-15(24)13(22(32,33)34)9(5-36)14(23)16(17)25;/h2-3,40H,1H3;. The smallest absolute Gasteiger partial charge is 0.420 e. The summed E-state index contributed by atoms with van der Waals surface area (Å²) in [5.41, 5.74) is -16.9. The van der Waals surface area contributed by atoms with Crippen LogP contribution in [0.2, 0.25) is 0 Å². The number of aromatic hydroxyl groups is 1. The van der Waals surface area contributed by atoms with E-state index in [-0.39, 0.29) is 31.6 Å². The van der Waals surface area contributed by atoms with E-state index in [1.807, 2.05) is 0 Å². The first-order chi connectivity index (χ1) is 18.2. The SMILES string of the molecule is Cc1nn(-c2c(F)c(F)c(C#N)c(C(F)(F)F)c2F)c(O)c1C(=O)c1cc(C(F)(F)F)c(C#N)c(C(F)(F)F)c1.[Zn]. The van der Waals surface area contributed by atoms with Crippen molar-refractivity contribution in [3.63, 3.8) is 0 Å². The van der Waals surface area contributed by atoms with Crippen LogP contribution in [0.1, 0.15) is 49.4 Å². The average molecular weight is 652 g/mol. The van der Waals surface area contributed by atoms with Gasteiger partial charge in [-0.1, -0.05) is 0 Å². The van der Waals surface area contributed by atoms with Crippen molar-refractivity contribution in [1.82, 2.24) is 9.78 Å². The van der Waals surface area contributed by atoms with Crippen LogP contribution in [0.4, 0.5) is 52.7 Å². The summed E-state index contributed by atoms with van der Waals surface area (Å²) in [4.78, 5) is 12.9. The number of benzene rings is 2. The van der Waals surface area contributed by atoms with Crippen LogP contribution >= 0.6 is 0 Å². The summed E-state index contributed by atoms with van der Waals surface area (Å²) >= 11 is 0.